The number of likely N-dealkylation sites (N-methyl/N-ethyl adjacent to an activating group) is 1. The molecule has 27 heavy (non-hydrogen) atoms. The molecular weight excluding hydrogens is 372 g/mol. The number of esters is 1. The molecule has 0 fully saturated rings. The predicted molar refractivity (Wildman–Crippen MR) is 99.0 cm³/mol. The highest BCUT2D eigenvalue weighted by atomic mass is 35.5. The van der Waals surface area contributed by atoms with Crippen molar-refractivity contribution in [2.75, 3.05) is 25.1 Å². The van der Waals surface area contributed by atoms with E-state index in [4.69, 9.17) is 21.1 Å². The molecule has 2 aromatic rings. The molecule has 1 heterocycles. The lowest BCUT2D eigenvalue weighted by molar-refractivity contribution is -0.128. The normalized spacial score (nSPS) is 15.3. The molecule has 0 saturated heterocycles. The van der Waals surface area contributed by atoms with E-state index >= 15 is 0 Å². The lowest BCUT2D eigenvalue weighted by Gasteiger charge is -2.33. The Labute approximate surface area is 160 Å². The van der Waals surface area contributed by atoms with E-state index in [1.807, 2.05) is 0 Å². The van der Waals surface area contributed by atoms with Crippen LogP contribution >= 0.6 is 11.6 Å². The van der Waals surface area contributed by atoms with Gasteiger partial charge in [0.1, 0.15) is 5.75 Å². The number of nitrogens with zero attached hydrogens (tertiary/aromatic N) is 1. The number of hydrogen-bond acceptors (Lipinski definition) is 5. The summed E-state index contributed by atoms with van der Waals surface area (Å²) in [5.74, 6) is -1.06. The number of amides is 2. The zero-order chi connectivity index (χ0) is 19.4. The Balaban J connectivity index is 1.73. The first kappa shape index (κ1) is 18.7. The van der Waals surface area contributed by atoms with Crippen molar-refractivity contribution in [3.05, 3.63) is 59.1 Å². The monoisotopic (exact) mass is 388 g/mol. The summed E-state index contributed by atoms with van der Waals surface area (Å²) in [4.78, 5) is 38.1. The Morgan fingerprint density at radius 2 is 2.00 bits per heavy atom. The summed E-state index contributed by atoms with van der Waals surface area (Å²) in [6, 6.07) is 13.1. The lowest BCUT2D eigenvalue weighted by atomic mass is 10.1. The highest BCUT2D eigenvalue weighted by molar-refractivity contribution is 6.30. The summed E-state index contributed by atoms with van der Waals surface area (Å²) >= 11 is 5.85. The smallest absolute Gasteiger partial charge is 0.338 e. The van der Waals surface area contributed by atoms with Gasteiger partial charge < -0.3 is 19.7 Å². The number of ether oxygens (including phenoxy) is 2. The fourth-order valence-corrected chi connectivity index (χ4v) is 2.86. The number of nitrogens with one attached hydrogen (secondary N) is 1. The Morgan fingerprint density at radius 3 is 2.74 bits per heavy atom. The molecule has 1 aliphatic rings. The van der Waals surface area contributed by atoms with Crippen LogP contribution in [-0.2, 0) is 14.3 Å². The molecule has 2 amide bonds. The fraction of sp³-hybridized carbons (Fsp3) is 0.211. The molecule has 0 saturated carbocycles. The second kappa shape index (κ2) is 8.09. The summed E-state index contributed by atoms with van der Waals surface area (Å²) in [6.45, 7) is -0.454. The van der Waals surface area contributed by atoms with E-state index in [9.17, 15) is 14.4 Å². The van der Waals surface area contributed by atoms with Gasteiger partial charge in [-0.3, -0.25) is 9.59 Å². The van der Waals surface area contributed by atoms with Gasteiger partial charge in [0.25, 0.3) is 11.8 Å². The molecule has 0 spiro atoms. The fourth-order valence-electron chi connectivity index (χ4n) is 2.67. The van der Waals surface area contributed by atoms with E-state index in [1.165, 1.54) is 18.0 Å². The quantitative estimate of drug-likeness (QED) is 0.810. The largest absolute Gasteiger partial charge is 0.477 e. The Morgan fingerprint density at radius 1 is 1.22 bits per heavy atom. The molecule has 0 aromatic heterocycles. The van der Waals surface area contributed by atoms with Crippen LogP contribution < -0.4 is 15.0 Å². The zero-order valence-electron chi connectivity index (χ0n) is 14.5. The Kier molecular flexibility index (Phi) is 5.61. The van der Waals surface area contributed by atoms with Crippen molar-refractivity contribution in [2.45, 2.75) is 6.10 Å². The van der Waals surface area contributed by atoms with E-state index in [1.54, 1.807) is 42.5 Å². The van der Waals surface area contributed by atoms with Gasteiger partial charge in [-0.25, -0.2) is 4.79 Å². The molecule has 0 aliphatic carbocycles. The van der Waals surface area contributed by atoms with Crippen molar-refractivity contribution in [1.82, 2.24) is 5.32 Å². The third kappa shape index (κ3) is 4.20. The van der Waals surface area contributed by atoms with Gasteiger partial charge in [0.05, 0.1) is 17.8 Å². The maximum Gasteiger partial charge on any atom is 0.338 e. The van der Waals surface area contributed by atoms with Gasteiger partial charge in [-0.05, 0) is 30.3 Å². The number of para-hydroxylation sites is 2. The van der Waals surface area contributed by atoms with Crippen LogP contribution in [0.4, 0.5) is 5.69 Å². The first-order chi connectivity index (χ1) is 13.0. The number of fused-ring (bicyclic) bond motifs is 1. The van der Waals surface area contributed by atoms with E-state index in [0.29, 0.717) is 16.5 Å². The number of rotatable bonds is 4. The van der Waals surface area contributed by atoms with Gasteiger partial charge in [0.15, 0.2) is 12.7 Å². The van der Waals surface area contributed by atoms with Crippen molar-refractivity contribution < 1.29 is 23.9 Å². The second-order valence-corrected chi connectivity index (χ2v) is 6.22. The zero-order valence-corrected chi connectivity index (χ0v) is 15.2. The number of carbonyl (C=O) groups excluding carboxylic acids is 3. The van der Waals surface area contributed by atoms with Crippen molar-refractivity contribution in [1.29, 1.82) is 0 Å². The van der Waals surface area contributed by atoms with Crippen LogP contribution in [0.3, 0.4) is 0 Å². The van der Waals surface area contributed by atoms with Crippen LogP contribution in [0.15, 0.2) is 48.5 Å². The summed E-state index contributed by atoms with van der Waals surface area (Å²) in [5.41, 5.74) is 0.766. The third-order valence-electron chi connectivity index (χ3n) is 4.00. The molecule has 140 valence electrons. The number of anilines is 1. The van der Waals surface area contributed by atoms with Gasteiger partial charge >= 0.3 is 5.97 Å². The van der Waals surface area contributed by atoms with Crippen LogP contribution in [0.25, 0.3) is 0 Å². The molecular formula is C19H17ClN2O5. The average molecular weight is 389 g/mol. The van der Waals surface area contributed by atoms with E-state index in [2.05, 4.69) is 5.32 Å². The molecule has 8 heteroatoms. The molecule has 0 radical (unpaired) electrons. The molecule has 1 atom stereocenters. The molecule has 2 aromatic carbocycles. The topological polar surface area (TPSA) is 84.9 Å². The van der Waals surface area contributed by atoms with E-state index < -0.39 is 24.6 Å². The van der Waals surface area contributed by atoms with Crippen LogP contribution in [-0.4, -0.2) is 44.1 Å². The first-order valence-electron chi connectivity index (χ1n) is 8.20. The second-order valence-electron chi connectivity index (χ2n) is 5.78. The van der Waals surface area contributed by atoms with Gasteiger partial charge in [0.2, 0.25) is 0 Å². The molecule has 1 N–H and O–H groups in total. The van der Waals surface area contributed by atoms with E-state index in [0.717, 1.165) is 0 Å². The molecule has 1 aliphatic heterocycles. The van der Waals surface area contributed by atoms with Crippen LogP contribution in [0.2, 0.25) is 5.02 Å². The predicted octanol–water partition coefficient (Wildman–Crippen LogP) is 2.04. The van der Waals surface area contributed by atoms with Crippen molar-refractivity contribution in [3.8, 4) is 5.75 Å². The van der Waals surface area contributed by atoms with Crippen LogP contribution in [0.1, 0.15) is 10.4 Å². The average Bonchev–Trinajstić information content (AvgIpc) is 2.70. The number of hydrogen-bond donors (Lipinski definition) is 1. The molecule has 0 bridgehead atoms. The highest BCUT2D eigenvalue weighted by Gasteiger charge is 2.33. The van der Waals surface area contributed by atoms with E-state index in [-0.39, 0.29) is 18.0 Å². The first-order valence-corrected chi connectivity index (χ1v) is 8.57. The standard InChI is InChI=1S/C19H17ClN2O5/c1-21-18(24)16-10-22(14-7-2-3-8-15(14)27-16)17(23)11-26-19(25)12-5-4-6-13(20)9-12/h2-9,16H,10-11H2,1H3,(H,21,24). The molecule has 3 rings (SSSR count). The Bertz CT molecular complexity index is 886. The van der Waals surface area contributed by atoms with Gasteiger partial charge in [0, 0.05) is 12.1 Å². The van der Waals surface area contributed by atoms with Gasteiger partial charge in [-0.15, -0.1) is 0 Å². The van der Waals surface area contributed by atoms with Gasteiger partial charge in [-0.1, -0.05) is 29.8 Å². The van der Waals surface area contributed by atoms with Crippen molar-refractivity contribution in [2.24, 2.45) is 0 Å². The summed E-state index contributed by atoms with van der Waals surface area (Å²) in [6.07, 6.45) is -0.850. The van der Waals surface area contributed by atoms with Gasteiger partial charge in [-0.2, -0.15) is 0 Å². The number of benzene rings is 2. The summed E-state index contributed by atoms with van der Waals surface area (Å²) < 4.78 is 10.7. The minimum atomic E-state index is -0.850. The van der Waals surface area contributed by atoms with Crippen LogP contribution in [0, 0.1) is 0 Å². The third-order valence-corrected chi connectivity index (χ3v) is 4.24. The van der Waals surface area contributed by atoms with Crippen molar-refractivity contribution in [3.63, 3.8) is 0 Å². The maximum atomic E-state index is 12.7. The maximum absolute atomic E-state index is 12.7. The highest BCUT2D eigenvalue weighted by Crippen LogP contribution is 2.33. The molecule has 1 unspecified atom stereocenters. The summed E-state index contributed by atoms with van der Waals surface area (Å²) in [7, 11) is 1.49. The minimum Gasteiger partial charge on any atom is -0.477 e. The SMILES string of the molecule is CNC(=O)C1CN(C(=O)COC(=O)c2cccc(Cl)c2)c2ccccc2O1. The molecule has 7 nitrogen and oxygen atoms in total. The van der Waals surface area contributed by atoms with Crippen LogP contribution in [0.5, 0.6) is 5.75 Å². The minimum absolute atomic E-state index is 0.0181. The van der Waals surface area contributed by atoms with Crippen molar-refractivity contribution >= 4 is 35.1 Å². The number of halogens is 1. The number of carbonyl (C=O) groups is 3. The summed E-state index contributed by atoms with van der Waals surface area (Å²) in [5, 5.41) is 2.90. The lowest BCUT2D eigenvalue weighted by Crippen LogP contribution is -2.51. The Hall–Kier alpha value is -3.06.